The summed E-state index contributed by atoms with van der Waals surface area (Å²) < 4.78 is 5.10. The smallest absolute Gasteiger partial charge is 0.338 e. The minimum atomic E-state index is -1.02. The van der Waals surface area contributed by atoms with E-state index >= 15 is 0 Å². The van der Waals surface area contributed by atoms with E-state index in [2.05, 4.69) is 4.84 Å². The third-order valence-corrected chi connectivity index (χ3v) is 1.99. The van der Waals surface area contributed by atoms with Gasteiger partial charge in [0.1, 0.15) is 5.60 Å². The van der Waals surface area contributed by atoms with E-state index in [0.717, 1.165) is 0 Å². The van der Waals surface area contributed by atoms with Crippen molar-refractivity contribution in [1.29, 1.82) is 0 Å². The molecular weight excluding hydrogens is 226 g/mol. The standard InChI is InChI=1S/C11H21NO5/c1-11(2,3)16-9(14)8(10(15)17-12)6-4-5-7-13/h8,13H,4-7,12H2,1-3H3/t8-/m0/s1. The number of aliphatic hydroxyl groups excluding tert-OH is 1. The molecule has 6 nitrogen and oxygen atoms in total. The fourth-order valence-corrected chi connectivity index (χ4v) is 1.25. The monoisotopic (exact) mass is 247 g/mol. The molecule has 0 spiro atoms. The summed E-state index contributed by atoms with van der Waals surface area (Å²) in [6, 6.07) is 0. The van der Waals surface area contributed by atoms with Crippen molar-refractivity contribution in [1.82, 2.24) is 0 Å². The van der Waals surface area contributed by atoms with Gasteiger partial charge in [0.15, 0.2) is 5.92 Å². The van der Waals surface area contributed by atoms with E-state index in [4.69, 9.17) is 15.7 Å². The molecule has 0 aromatic heterocycles. The Morgan fingerprint density at radius 1 is 1.24 bits per heavy atom. The van der Waals surface area contributed by atoms with Gasteiger partial charge in [0.05, 0.1) is 0 Å². The molecule has 0 radical (unpaired) electrons. The van der Waals surface area contributed by atoms with E-state index in [1.54, 1.807) is 20.8 Å². The van der Waals surface area contributed by atoms with E-state index < -0.39 is 23.5 Å². The largest absolute Gasteiger partial charge is 0.459 e. The molecule has 0 saturated carbocycles. The van der Waals surface area contributed by atoms with Gasteiger partial charge in [-0.2, -0.15) is 5.90 Å². The van der Waals surface area contributed by atoms with Gasteiger partial charge in [0.2, 0.25) is 0 Å². The van der Waals surface area contributed by atoms with Gasteiger partial charge in [-0.3, -0.25) is 4.79 Å². The van der Waals surface area contributed by atoms with Crippen LogP contribution in [0, 0.1) is 5.92 Å². The summed E-state index contributed by atoms with van der Waals surface area (Å²) in [5, 5.41) is 8.64. The third-order valence-electron chi connectivity index (χ3n) is 1.99. The Morgan fingerprint density at radius 3 is 2.24 bits per heavy atom. The van der Waals surface area contributed by atoms with E-state index in [0.29, 0.717) is 12.8 Å². The van der Waals surface area contributed by atoms with E-state index in [1.807, 2.05) is 0 Å². The molecule has 0 rings (SSSR count). The Balaban J connectivity index is 4.46. The topological polar surface area (TPSA) is 98.8 Å². The second-order valence-electron chi connectivity index (χ2n) is 4.74. The van der Waals surface area contributed by atoms with Crippen molar-refractivity contribution in [3.05, 3.63) is 0 Å². The van der Waals surface area contributed by atoms with E-state index in [9.17, 15) is 9.59 Å². The van der Waals surface area contributed by atoms with Crippen molar-refractivity contribution in [3.8, 4) is 0 Å². The summed E-state index contributed by atoms with van der Waals surface area (Å²) in [5.41, 5.74) is -0.665. The molecule has 0 fully saturated rings. The summed E-state index contributed by atoms with van der Waals surface area (Å²) in [4.78, 5) is 27.1. The molecule has 0 aliphatic rings. The predicted molar refractivity (Wildman–Crippen MR) is 60.6 cm³/mol. The molecule has 0 aromatic rings. The SMILES string of the molecule is CC(C)(C)OC(=O)[C@H](CCCCO)C(=O)ON. The van der Waals surface area contributed by atoms with Gasteiger partial charge in [-0.1, -0.05) is 0 Å². The van der Waals surface area contributed by atoms with Gasteiger partial charge in [-0.05, 0) is 40.0 Å². The van der Waals surface area contributed by atoms with Gasteiger partial charge >= 0.3 is 11.9 Å². The van der Waals surface area contributed by atoms with Crippen molar-refractivity contribution in [3.63, 3.8) is 0 Å². The Labute approximate surface area is 101 Å². The molecule has 0 bridgehead atoms. The minimum absolute atomic E-state index is 0.0126. The van der Waals surface area contributed by atoms with Crippen molar-refractivity contribution < 1.29 is 24.3 Å². The van der Waals surface area contributed by atoms with Crippen LogP contribution in [0.1, 0.15) is 40.0 Å². The highest BCUT2D eigenvalue weighted by Crippen LogP contribution is 2.17. The fraction of sp³-hybridized carbons (Fsp3) is 0.818. The lowest BCUT2D eigenvalue weighted by molar-refractivity contribution is -0.169. The van der Waals surface area contributed by atoms with Gasteiger partial charge in [0, 0.05) is 6.61 Å². The normalized spacial score (nSPS) is 13.0. The third kappa shape index (κ3) is 6.91. The van der Waals surface area contributed by atoms with Gasteiger partial charge < -0.3 is 14.7 Å². The van der Waals surface area contributed by atoms with Gasteiger partial charge in [0.25, 0.3) is 0 Å². The molecule has 0 heterocycles. The maximum atomic E-state index is 11.7. The minimum Gasteiger partial charge on any atom is -0.459 e. The maximum Gasteiger partial charge on any atom is 0.338 e. The highest BCUT2D eigenvalue weighted by molar-refractivity contribution is 5.94. The number of unbranched alkanes of at least 4 members (excludes halogenated alkanes) is 1. The highest BCUT2D eigenvalue weighted by atomic mass is 16.7. The van der Waals surface area contributed by atoms with Crippen LogP contribution in [0.4, 0.5) is 0 Å². The highest BCUT2D eigenvalue weighted by Gasteiger charge is 2.31. The number of esters is 1. The van der Waals surface area contributed by atoms with Crippen LogP contribution >= 0.6 is 0 Å². The van der Waals surface area contributed by atoms with E-state index in [1.165, 1.54) is 0 Å². The van der Waals surface area contributed by atoms with Crippen LogP contribution in [0.3, 0.4) is 0 Å². The number of aliphatic hydroxyl groups is 1. The molecule has 0 aliphatic carbocycles. The molecule has 100 valence electrons. The molecule has 1 atom stereocenters. The van der Waals surface area contributed by atoms with Crippen molar-refractivity contribution >= 4 is 11.9 Å². The zero-order chi connectivity index (χ0) is 13.5. The van der Waals surface area contributed by atoms with Crippen LogP contribution in [0.5, 0.6) is 0 Å². The molecule has 0 aliphatic heterocycles. The number of rotatable bonds is 6. The van der Waals surface area contributed by atoms with Crippen LogP contribution in [-0.4, -0.2) is 29.3 Å². The second kappa shape index (κ2) is 7.24. The number of carbonyl (C=O) groups excluding carboxylic acids is 2. The molecule has 17 heavy (non-hydrogen) atoms. The summed E-state index contributed by atoms with van der Waals surface area (Å²) >= 11 is 0. The first-order valence-corrected chi connectivity index (χ1v) is 5.56. The average molecular weight is 247 g/mol. The molecule has 0 unspecified atom stereocenters. The summed E-state index contributed by atoms with van der Waals surface area (Å²) in [5.74, 6) is 2.29. The number of carbonyl (C=O) groups is 2. The Kier molecular flexibility index (Phi) is 6.75. The lowest BCUT2D eigenvalue weighted by atomic mass is 10.0. The van der Waals surface area contributed by atoms with Crippen LogP contribution in [-0.2, 0) is 19.2 Å². The first kappa shape index (κ1) is 15.9. The van der Waals surface area contributed by atoms with Crippen molar-refractivity contribution in [2.75, 3.05) is 6.61 Å². The van der Waals surface area contributed by atoms with Crippen LogP contribution in [0.2, 0.25) is 0 Å². The Morgan fingerprint density at radius 2 is 1.82 bits per heavy atom. The Hall–Kier alpha value is -1.14. The molecule has 0 aromatic carbocycles. The fourth-order valence-electron chi connectivity index (χ4n) is 1.25. The number of hydrogen-bond donors (Lipinski definition) is 2. The molecule has 3 N–H and O–H groups in total. The predicted octanol–water partition coefficient (Wildman–Crippen LogP) is 0.524. The number of ether oxygens (including phenoxy) is 1. The number of nitrogens with two attached hydrogens (primary N) is 1. The summed E-state index contributed by atoms with van der Waals surface area (Å²) in [6.45, 7) is 5.15. The molecule has 6 heteroatoms. The van der Waals surface area contributed by atoms with Gasteiger partial charge in [-0.25, -0.2) is 4.79 Å². The van der Waals surface area contributed by atoms with E-state index in [-0.39, 0.29) is 13.0 Å². The zero-order valence-corrected chi connectivity index (χ0v) is 10.6. The van der Waals surface area contributed by atoms with Crippen molar-refractivity contribution in [2.45, 2.75) is 45.6 Å². The zero-order valence-electron chi connectivity index (χ0n) is 10.6. The van der Waals surface area contributed by atoms with Crippen LogP contribution in [0.25, 0.3) is 0 Å². The summed E-state index contributed by atoms with van der Waals surface area (Å²) in [6.07, 6.45) is 1.29. The molecule has 0 saturated heterocycles. The summed E-state index contributed by atoms with van der Waals surface area (Å²) in [7, 11) is 0. The second-order valence-corrected chi connectivity index (χ2v) is 4.74. The first-order chi connectivity index (χ1) is 7.81. The molecular formula is C11H21NO5. The lowest BCUT2D eigenvalue weighted by Crippen LogP contribution is -2.34. The van der Waals surface area contributed by atoms with Crippen LogP contribution in [0.15, 0.2) is 0 Å². The maximum absolute atomic E-state index is 11.7. The Bertz CT molecular complexity index is 259. The van der Waals surface area contributed by atoms with Gasteiger partial charge in [-0.15, -0.1) is 0 Å². The molecule has 0 amide bonds. The van der Waals surface area contributed by atoms with Crippen LogP contribution < -0.4 is 5.90 Å². The lowest BCUT2D eigenvalue weighted by Gasteiger charge is -2.22. The average Bonchev–Trinajstić information content (AvgIpc) is 2.20. The number of hydrogen-bond acceptors (Lipinski definition) is 6. The first-order valence-electron chi connectivity index (χ1n) is 5.56. The quantitative estimate of drug-likeness (QED) is 0.307. The van der Waals surface area contributed by atoms with Crippen molar-refractivity contribution in [2.24, 2.45) is 11.8 Å².